The Bertz CT molecular complexity index is 578. The SMILES string of the molecule is Fc1ccc(C=C(Br)Br)c(NCc2ccccc2)c1. The fourth-order valence-corrected chi connectivity index (χ4v) is 2.21. The fraction of sp³-hybridized carbons (Fsp3) is 0.0667. The van der Waals surface area contributed by atoms with Gasteiger partial charge in [0.25, 0.3) is 0 Å². The van der Waals surface area contributed by atoms with Gasteiger partial charge in [-0.25, -0.2) is 4.39 Å². The maximum atomic E-state index is 13.3. The van der Waals surface area contributed by atoms with Crippen molar-refractivity contribution in [1.82, 2.24) is 0 Å². The van der Waals surface area contributed by atoms with Crippen molar-refractivity contribution in [2.75, 3.05) is 5.32 Å². The fourth-order valence-electron chi connectivity index (χ4n) is 1.72. The van der Waals surface area contributed by atoms with Crippen molar-refractivity contribution in [3.8, 4) is 0 Å². The maximum absolute atomic E-state index is 13.3. The van der Waals surface area contributed by atoms with E-state index in [1.54, 1.807) is 6.07 Å². The average molecular weight is 385 g/mol. The summed E-state index contributed by atoms with van der Waals surface area (Å²) in [5.74, 6) is -0.251. The number of benzene rings is 2. The maximum Gasteiger partial charge on any atom is 0.125 e. The first-order chi connectivity index (χ1) is 9.15. The van der Waals surface area contributed by atoms with Gasteiger partial charge in [-0.1, -0.05) is 30.3 Å². The molecule has 0 fully saturated rings. The molecular formula is C15H12Br2FN. The summed E-state index contributed by atoms with van der Waals surface area (Å²) < 4.78 is 14.1. The monoisotopic (exact) mass is 383 g/mol. The molecule has 0 spiro atoms. The van der Waals surface area contributed by atoms with Crippen LogP contribution in [0.4, 0.5) is 10.1 Å². The molecule has 0 aliphatic rings. The van der Waals surface area contributed by atoms with Crippen LogP contribution in [-0.4, -0.2) is 0 Å². The van der Waals surface area contributed by atoms with Gasteiger partial charge in [-0.3, -0.25) is 0 Å². The molecule has 0 heterocycles. The van der Waals surface area contributed by atoms with Crippen molar-refractivity contribution in [3.63, 3.8) is 0 Å². The van der Waals surface area contributed by atoms with Crippen LogP contribution in [0.15, 0.2) is 51.9 Å². The molecule has 0 unspecified atom stereocenters. The third-order valence-corrected chi connectivity index (χ3v) is 3.06. The summed E-state index contributed by atoms with van der Waals surface area (Å²) in [5.41, 5.74) is 2.83. The highest BCUT2D eigenvalue weighted by molar-refractivity contribution is 9.28. The highest BCUT2D eigenvalue weighted by atomic mass is 79.9. The second-order valence-corrected chi connectivity index (χ2v) is 6.78. The van der Waals surface area contributed by atoms with E-state index in [2.05, 4.69) is 37.2 Å². The van der Waals surface area contributed by atoms with Gasteiger partial charge in [0.15, 0.2) is 0 Å². The molecule has 1 nitrogen and oxygen atoms in total. The minimum Gasteiger partial charge on any atom is -0.380 e. The summed E-state index contributed by atoms with van der Waals surface area (Å²) >= 11 is 6.63. The average Bonchev–Trinajstić information content (AvgIpc) is 2.40. The molecule has 98 valence electrons. The second-order valence-electron chi connectivity index (χ2n) is 4.00. The van der Waals surface area contributed by atoms with Gasteiger partial charge in [0.1, 0.15) is 5.82 Å². The number of halogens is 3. The first kappa shape index (κ1) is 14.3. The van der Waals surface area contributed by atoms with Crippen molar-refractivity contribution < 1.29 is 4.39 Å². The zero-order valence-electron chi connectivity index (χ0n) is 10.0. The van der Waals surface area contributed by atoms with E-state index in [9.17, 15) is 4.39 Å². The van der Waals surface area contributed by atoms with Gasteiger partial charge in [-0.15, -0.1) is 0 Å². The lowest BCUT2D eigenvalue weighted by Crippen LogP contribution is -2.01. The molecule has 0 bridgehead atoms. The third kappa shape index (κ3) is 4.48. The summed E-state index contributed by atoms with van der Waals surface area (Å²) in [6, 6.07) is 14.7. The predicted molar refractivity (Wildman–Crippen MR) is 86.0 cm³/mol. The Kier molecular flexibility index (Phi) is 5.16. The molecule has 4 heteroatoms. The number of nitrogens with one attached hydrogen (secondary N) is 1. The smallest absolute Gasteiger partial charge is 0.125 e. The number of rotatable bonds is 4. The van der Waals surface area contributed by atoms with Crippen LogP contribution in [0.3, 0.4) is 0 Å². The normalized spacial score (nSPS) is 10.1. The second kappa shape index (κ2) is 6.87. The molecule has 0 aromatic heterocycles. The molecule has 0 amide bonds. The van der Waals surface area contributed by atoms with E-state index in [4.69, 9.17) is 0 Å². The van der Waals surface area contributed by atoms with Crippen LogP contribution in [-0.2, 0) is 6.54 Å². The van der Waals surface area contributed by atoms with Crippen molar-refractivity contribution in [2.24, 2.45) is 0 Å². The molecule has 0 radical (unpaired) electrons. The van der Waals surface area contributed by atoms with Crippen LogP contribution >= 0.6 is 31.9 Å². The van der Waals surface area contributed by atoms with Crippen LogP contribution < -0.4 is 5.32 Å². The molecule has 0 saturated heterocycles. The number of anilines is 1. The van der Waals surface area contributed by atoms with Gasteiger partial charge >= 0.3 is 0 Å². The van der Waals surface area contributed by atoms with E-state index in [1.807, 2.05) is 36.4 Å². The molecule has 2 aromatic carbocycles. The minimum atomic E-state index is -0.251. The molecule has 0 atom stereocenters. The lowest BCUT2D eigenvalue weighted by atomic mass is 10.1. The first-order valence-corrected chi connectivity index (χ1v) is 7.34. The molecule has 0 aliphatic carbocycles. The van der Waals surface area contributed by atoms with Gasteiger partial charge in [-0.05, 0) is 67.3 Å². The highest BCUT2D eigenvalue weighted by Crippen LogP contribution is 2.25. The zero-order valence-corrected chi connectivity index (χ0v) is 13.2. The molecule has 2 aromatic rings. The molecular weight excluding hydrogens is 373 g/mol. The van der Waals surface area contributed by atoms with Gasteiger partial charge in [0.05, 0.1) is 3.39 Å². The van der Waals surface area contributed by atoms with Crippen molar-refractivity contribution in [3.05, 3.63) is 68.9 Å². The van der Waals surface area contributed by atoms with Gasteiger partial charge < -0.3 is 5.32 Å². The Labute approximate surface area is 128 Å². The Morgan fingerprint density at radius 3 is 2.53 bits per heavy atom. The Morgan fingerprint density at radius 2 is 1.84 bits per heavy atom. The summed E-state index contributed by atoms with van der Waals surface area (Å²) in [4.78, 5) is 0. The van der Waals surface area contributed by atoms with E-state index in [0.29, 0.717) is 6.54 Å². The van der Waals surface area contributed by atoms with E-state index in [0.717, 1.165) is 20.2 Å². The Morgan fingerprint density at radius 1 is 1.11 bits per heavy atom. The van der Waals surface area contributed by atoms with Crippen LogP contribution in [0, 0.1) is 5.82 Å². The van der Waals surface area contributed by atoms with E-state index >= 15 is 0 Å². The summed E-state index contributed by atoms with van der Waals surface area (Å²) in [6.07, 6.45) is 1.88. The Hall–Kier alpha value is -1.13. The van der Waals surface area contributed by atoms with Gasteiger partial charge in [-0.2, -0.15) is 0 Å². The standard InChI is InChI=1S/C15H12Br2FN/c16-15(17)8-12-6-7-13(18)9-14(12)19-10-11-4-2-1-3-5-11/h1-9,19H,10H2. The largest absolute Gasteiger partial charge is 0.380 e. The summed E-state index contributed by atoms with van der Waals surface area (Å²) in [7, 11) is 0. The Balaban J connectivity index is 2.19. The lowest BCUT2D eigenvalue weighted by molar-refractivity contribution is 0.628. The number of hydrogen-bond donors (Lipinski definition) is 1. The first-order valence-electron chi connectivity index (χ1n) is 5.75. The lowest BCUT2D eigenvalue weighted by Gasteiger charge is -2.10. The predicted octanol–water partition coefficient (Wildman–Crippen LogP) is 5.53. The molecule has 0 saturated carbocycles. The summed E-state index contributed by atoms with van der Waals surface area (Å²) in [5, 5.41) is 3.25. The van der Waals surface area contributed by atoms with E-state index in [1.165, 1.54) is 12.1 Å². The van der Waals surface area contributed by atoms with E-state index in [-0.39, 0.29) is 5.82 Å². The topological polar surface area (TPSA) is 12.0 Å². The molecule has 2 rings (SSSR count). The minimum absolute atomic E-state index is 0.251. The van der Waals surface area contributed by atoms with Crippen molar-refractivity contribution in [1.29, 1.82) is 0 Å². The van der Waals surface area contributed by atoms with Crippen molar-refractivity contribution in [2.45, 2.75) is 6.54 Å². The molecule has 0 aliphatic heterocycles. The van der Waals surface area contributed by atoms with Crippen LogP contribution in [0.2, 0.25) is 0 Å². The number of hydrogen-bond acceptors (Lipinski definition) is 1. The summed E-state index contributed by atoms with van der Waals surface area (Å²) in [6.45, 7) is 0.658. The van der Waals surface area contributed by atoms with Crippen LogP contribution in [0.25, 0.3) is 6.08 Å². The molecule has 1 N–H and O–H groups in total. The van der Waals surface area contributed by atoms with Crippen LogP contribution in [0.5, 0.6) is 0 Å². The van der Waals surface area contributed by atoms with Gasteiger partial charge in [0, 0.05) is 12.2 Å². The molecule has 19 heavy (non-hydrogen) atoms. The third-order valence-electron chi connectivity index (χ3n) is 2.61. The van der Waals surface area contributed by atoms with Crippen LogP contribution in [0.1, 0.15) is 11.1 Å². The zero-order chi connectivity index (χ0) is 13.7. The highest BCUT2D eigenvalue weighted by Gasteiger charge is 2.03. The quantitative estimate of drug-likeness (QED) is 0.731. The van der Waals surface area contributed by atoms with Crippen molar-refractivity contribution >= 4 is 43.6 Å². The van der Waals surface area contributed by atoms with E-state index < -0.39 is 0 Å². The van der Waals surface area contributed by atoms with Gasteiger partial charge in [0.2, 0.25) is 0 Å².